The third-order valence-corrected chi connectivity index (χ3v) is 3.92. The Morgan fingerprint density at radius 2 is 2.00 bits per heavy atom. The van der Waals surface area contributed by atoms with E-state index < -0.39 is 0 Å². The number of anilines is 2. The van der Waals surface area contributed by atoms with E-state index in [9.17, 15) is 0 Å². The smallest absolute Gasteiger partial charge is 0.0547 e. The van der Waals surface area contributed by atoms with Crippen LogP contribution in [0.4, 0.5) is 11.4 Å². The topological polar surface area (TPSA) is 37.0 Å². The molecule has 1 aromatic heterocycles. The van der Waals surface area contributed by atoms with Crippen molar-refractivity contribution in [2.75, 3.05) is 23.7 Å². The highest BCUT2D eigenvalue weighted by Gasteiger charge is 2.22. The van der Waals surface area contributed by atoms with E-state index in [-0.39, 0.29) is 0 Å². The molecule has 1 aliphatic rings. The van der Waals surface area contributed by atoms with Crippen LogP contribution in [-0.2, 0) is 0 Å². The molecule has 18 heavy (non-hydrogen) atoms. The Morgan fingerprint density at radius 3 is 2.67 bits per heavy atom. The van der Waals surface area contributed by atoms with E-state index in [0.29, 0.717) is 0 Å². The Labute approximate surface area is 110 Å². The van der Waals surface area contributed by atoms with E-state index in [1.165, 1.54) is 19.3 Å². The van der Waals surface area contributed by atoms with Gasteiger partial charge >= 0.3 is 0 Å². The van der Waals surface area contributed by atoms with Crippen LogP contribution in [0.5, 0.6) is 0 Å². The summed E-state index contributed by atoms with van der Waals surface area (Å²) in [5.41, 5.74) is 2.25. The van der Waals surface area contributed by atoms with Gasteiger partial charge in [0.1, 0.15) is 0 Å². The van der Waals surface area contributed by atoms with E-state index in [4.69, 9.17) is 0 Å². The first-order valence-corrected chi connectivity index (χ1v) is 7.22. The summed E-state index contributed by atoms with van der Waals surface area (Å²) in [5, 5.41) is 6.90. The molecule has 0 aromatic carbocycles. The predicted molar refractivity (Wildman–Crippen MR) is 78.0 cm³/mol. The Bertz CT molecular complexity index is 365. The molecule has 1 fully saturated rings. The summed E-state index contributed by atoms with van der Waals surface area (Å²) in [6.07, 6.45) is 9.09. The molecule has 0 saturated heterocycles. The predicted octanol–water partition coefficient (Wildman–Crippen LogP) is 3.75. The van der Waals surface area contributed by atoms with Crippen LogP contribution in [0.2, 0.25) is 0 Å². The molecule has 0 spiro atoms. The van der Waals surface area contributed by atoms with Crippen molar-refractivity contribution in [1.29, 1.82) is 0 Å². The first-order valence-electron chi connectivity index (χ1n) is 7.22. The van der Waals surface area contributed by atoms with Gasteiger partial charge in [0.25, 0.3) is 0 Å². The van der Waals surface area contributed by atoms with E-state index >= 15 is 0 Å². The van der Waals surface area contributed by atoms with E-state index in [0.717, 1.165) is 42.7 Å². The zero-order valence-electron chi connectivity index (χ0n) is 11.6. The maximum Gasteiger partial charge on any atom is 0.0547 e. The van der Waals surface area contributed by atoms with Gasteiger partial charge in [-0.2, -0.15) is 0 Å². The summed E-state index contributed by atoms with van der Waals surface area (Å²) >= 11 is 0. The second-order valence-electron chi connectivity index (χ2n) is 5.44. The largest absolute Gasteiger partial charge is 0.384 e. The summed E-state index contributed by atoms with van der Waals surface area (Å²) in [6, 6.07) is 2.16. The molecular formula is C15H25N3. The van der Waals surface area contributed by atoms with Gasteiger partial charge in [-0.05, 0) is 30.7 Å². The molecule has 2 unspecified atom stereocenters. The van der Waals surface area contributed by atoms with Gasteiger partial charge in [-0.15, -0.1) is 0 Å². The van der Waals surface area contributed by atoms with Crippen LogP contribution >= 0.6 is 0 Å². The quantitative estimate of drug-likeness (QED) is 0.804. The van der Waals surface area contributed by atoms with Crippen LogP contribution in [0.15, 0.2) is 18.5 Å². The lowest BCUT2D eigenvalue weighted by atomic mass is 9.98. The first-order chi connectivity index (χ1) is 8.79. The maximum absolute atomic E-state index is 4.28. The van der Waals surface area contributed by atoms with Crippen LogP contribution in [0.25, 0.3) is 0 Å². The fourth-order valence-electron chi connectivity index (χ4n) is 2.68. The molecule has 0 aliphatic heterocycles. The average molecular weight is 247 g/mol. The molecule has 100 valence electrons. The number of nitrogens with one attached hydrogen (secondary N) is 2. The van der Waals surface area contributed by atoms with Gasteiger partial charge in [0.15, 0.2) is 0 Å². The molecule has 3 nitrogen and oxygen atoms in total. The summed E-state index contributed by atoms with van der Waals surface area (Å²) < 4.78 is 0. The third kappa shape index (κ3) is 3.62. The van der Waals surface area contributed by atoms with Gasteiger partial charge in [-0.1, -0.05) is 26.7 Å². The van der Waals surface area contributed by atoms with Gasteiger partial charge in [0.2, 0.25) is 0 Å². The number of rotatable bonds is 6. The Morgan fingerprint density at radius 1 is 1.22 bits per heavy atom. The number of nitrogens with zero attached hydrogens (tertiary/aromatic N) is 1. The number of hydrogen-bond donors (Lipinski definition) is 2. The normalized spacial score (nSPS) is 23.0. The summed E-state index contributed by atoms with van der Waals surface area (Å²) in [6.45, 7) is 6.63. The number of hydrogen-bond acceptors (Lipinski definition) is 3. The molecule has 0 radical (unpaired) electrons. The van der Waals surface area contributed by atoms with Crippen molar-refractivity contribution in [2.24, 2.45) is 11.8 Å². The second kappa shape index (κ2) is 6.62. The molecule has 0 bridgehead atoms. The monoisotopic (exact) mass is 247 g/mol. The van der Waals surface area contributed by atoms with Crippen molar-refractivity contribution in [3.8, 4) is 0 Å². The van der Waals surface area contributed by atoms with Gasteiger partial charge < -0.3 is 10.6 Å². The Balaban J connectivity index is 1.84. The summed E-state index contributed by atoms with van der Waals surface area (Å²) in [5.74, 6) is 1.70. The fraction of sp³-hybridized carbons (Fsp3) is 0.667. The first kappa shape index (κ1) is 13.2. The van der Waals surface area contributed by atoms with E-state index in [2.05, 4.69) is 35.5 Å². The Hall–Kier alpha value is -1.25. The minimum Gasteiger partial charge on any atom is -0.384 e. The molecule has 1 saturated carbocycles. The second-order valence-corrected chi connectivity index (χ2v) is 5.44. The number of pyridine rings is 1. The minimum absolute atomic E-state index is 0.831. The van der Waals surface area contributed by atoms with Gasteiger partial charge in [0.05, 0.1) is 23.8 Å². The lowest BCUT2D eigenvalue weighted by molar-refractivity contribution is 0.439. The van der Waals surface area contributed by atoms with Crippen LogP contribution in [0.3, 0.4) is 0 Å². The zero-order valence-corrected chi connectivity index (χ0v) is 11.6. The highest BCUT2D eigenvalue weighted by Crippen LogP contribution is 2.31. The van der Waals surface area contributed by atoms with Crippen LogP contribution in [0, 0.1) is 11.8 Å². The highest BCUT2D eigenvalue weighted by atomic mass is 14.9. The van der Waals surface area contributed by atoms with Gasteiger partial charge in [-0.3, -0.25) is 4.98 Å². The van der Waals surface area contributed by atoms with Crippen LogP contribution in [-0.4, -0.2) is 18.1 Å². The summed E-state index contributed by atoms with van der Waals surface area (Å²) in [7, 11) is 0. The van der Waals surface area contributed by atoms with E-state index in [1.54, 1.807) is 0 Å². The lowest BCUT2D eigenvalue weighted by Crippen LogP contribution is -2.16. The minimum atomic E-state index is 0.831. The van der Waals surface area contributed by atoms with Crippen molar-refractivity contribution in [1.82, 2.24) is 4.98 Å². The van der Waals surface area contributed by atoms with Crippen molar-refractivity contribution in [3.63, 3.8) is 0 Å². The molecule has 1 aromatic rings. The lowest BCUT2D eigenvalue weighted by Gasteiger charge is -2.17. The van der Waals surface area contributed by atoms with Gasteiger partial charge in [0, 0.05) is 13.1 Å². The molecule has 2 rings (SSSR count). The molecule has 3 heteroatoms. The molecule has 0 amide bonds. The Kier molecular flexibility index (Phi) is 4.85. The highest BCUT2D eigenvalue weighted by molar-refractivity contribution is 5.53. The van der Waals surface area contributed by atoms with Crippen LogP contribution < -0.4 is 10.6 Å². The molecule has 2 atom stereocenters. The zero-order chi connectivity index (χ0) is 12.8. The van der Waals surface area contributed by atoms with E-state index in [1.807, 2.05) is 12.4 Å². The molecular weight excluding hydrogens is 222 g/mol. The molecule has 1 heterocycles. The van der Waals surface area contributed by atoms with Crippen molar-refractivity contribution >= 4 is 11.4 Å². The van der Waals surface area contributed by atoms with Crippen molar-refractivity contribution in [2.45, 2.75) is 39.5 Å². The SMILES string of the molecule is CCCNc1cncc(NCC2CCCC2C)c1. The summed E-state index contributed by atoms with van der Waals surface area (Å²) in [4.78, 5) is 4.28. The number of aromatic nitrogens is 1. The third-order valence-electron chi connectivity index (χ3n) is 3.92. The van der Waals surface area contributed by atoms with Crippen molar-refractivity contribution in [3.05, 3.63) is 18.5 Å². The molecule has 2 N–H and O–H groups in total. The average Bonchev–Trinajstić information content (AvgIpc) is 2.80. The van der Waals surface area contributed by atoms with Crippen molar-refractivity contribution < 1.29 is 0 Å². The van der Waals surface area contributed by atoms with Gasteiger partial charge in [-0.25, -0.2) is 0 Å². The van der Waals surface area contributed by atoms with Crippen LogP contribution in [0.1, 0.15) is 39.5 Å². The standard InChI is InChI=1S/C15H25N3/c1-3-7-17-14-8-15(11-16-10-14)18-9-13-6-4-5-12(13)2/h8,10-13,17-18H,3-7,9H2,1-2H3. The molecule has 1 aliphatic carbocycles. The fourth-order valence-corrected chi connectivity index (χ4v) is 2.68. The maximum atomic E-state index is 4.28.